The Morgan fingerprint density at radius 2 is 2.07 bits per heavy atom. The van der Waals surface area contributed by atoms with Gasteiger partial charge in [-0.1, -0.05) is 30.3 Å². The van der Waals surface area contributed by atoms with Crippen molar-refractivity contribution in [1.29, 1.82) is 0 Å². The SMILES string of the molecule is CCOCCCNC(=O)CCn1cnc2sc(C)c(-c3ccccc3)c2c1=O. The third-order valence-corrected chi connectivity index (χ3v) is 5.50. The Morgan fingerprint density at radius 1 is 1.29 bits per heavy atom. The van der Waals surface area contributed by atoms with Crippen LogP contribution in [0.3, 0.4) is 0 Å². The van der Waals surface area contributed by atoms with Crippen molar-refractivity contribution in [3.05, 3.63) is 51.9 Å². The van der Waals surface area contributed by atoms with Crippen molar-refractivity contribution in [3.8, 4) is 11.1 Å². The first kappa shape index (κ1) is 20.2. The highest BCUT2D eigenvalue weighted by molar-refractivity contribution is 7.19. The number of amides is 1. The number of hydrogen-bond donors (Lipinski definition) is 1. The predicted octanol–water partition coefficient (Wildman–Crippen LogP) is 3.37. The maximum atomic E-state index is 13.1. The minimum Gasteiger partial charge on any atom is -0.382 e. The van der Waals surface area contributed by atoms with Gasteiger partial charge in [0.1, 0.15) is 4.83 Å². The lowest BCUT2D eigenvalue weighted by Crippen LogP contribution is -2.28. The Hall–Kier alpha value is -2.51. The van der Waals surface area contributed by atoms with Crippen LogP contribution in [0.1, 0.15) is 24.6 Å². The Labute approximate surface area is 168 Å². The number of aryl methyl sites for hydroxylation is 2. The quantitative estimate of drug-likeness (QED) is 0.560. The number of carbonyl (C=O) groups excluding carboxylic acids is 1. The summed E-state index contributed by atoms with van der Waals surface area (Å²) in [6.07, 6.45) is 2.56. The summed E-state index contributed by atoms with van der Waals surface area (Å²) in [7, 11) is 0. The average Bonchev–Trinajstić information content (AvgIpc) is 3.04. The van der Waals surface area contributed by atoms with Gasteiger partial charge in [-0.25, -0.2) is 4.98 Å². The van der Waals surface area contributed by atoms with E-state index in [0.29, 0.717) is 31.7 Å². The van der Waals surface area contributed by atoms with Gasteiger partial charge in [-0.15, -0.1) is 11.3 Å². The van der Waals surface area contributed by atoms with Crippen LogP contribution in [0.4, 0.5) is 0 Å². The van der Waals surface area contributed by atoms with Gasteiger partial charge in [0.2, 0.25) is 5.91 Å². The van der Waals surface area contributed by atoms with Gasteiger partial charge in [-0.2, -0.15) is 0 Å². The Kier molecular flexibility index (Phi) is 6.95. The zero-order chi connectivity index (χ0) is 19.9. The fourth-order valence-corrected chi connectivity index (χ4v) is 4.11. The highest BCUT2D eigenvalue weighted by Crippen LogP contribution is 2.35. The molecule has 148 valence electrons. The normalized spacial score (nSPS) is 11.1. The van der Waals surface area contributed by atoms with Gasteiger partial charge in [0, 0.05) is 43.2 Å². The standard InChI is InChI=1S/C21H25N3O3S/c1-3-27-13-7-11-22-17(25)10-12-24-14-23-20-19(21(24)26)18(15(2)28-20)16-8-5-4-6-9-16/h4-6,8-9,14H,3,7,10-13H2,1-2H3,(H,22,25). The number of fused-ring (bicyclic) bond motifs is 1. The van der Waals surface area contributed by atoms with E-state index in [2.05, 4.69) is 10.3 Å². The molecule has 2 heterocycles. The topological polar surface area (TPSA) is 73.2 Å². The molecule has 1 N–H and O–H groups in total. The van der Waals surface area contributed by atoms with Crippen LogP contribution in [-0.4, -0.2) is 35.2 Å². The summed E-state index contributed by atoms with van der Waals surface area (Å²) >= 11 is 1.52. The first-order valence-electron chi connectivity index (χ1n) is 9.50. The van der Waals surface area contributed by atoms with Crippen LogP contribution in [0.25, 0.3) is 21.3 Å². The lowest BCUT2D eigenvalue weighted by Gasteiger charge is -2.08. The molecule has 0 spiro atoms. The van der Waals surface area contributed by atoms with E-state index in [0.717, 1.165) is 27.3 Å². The number of rotatable bonds is 9. The monoisotopic (exact) mass is 399 g/mol. The van der Waals surface area contributed by atoms with E-state index in [1.807, 2.05) is 44.2 Å². The van der Waals surface area contributed by atoms with Gasteiger partial charge in [-0.05, 0) is 25.8 Å². The van der Waals surface area contributed by atoms with Crippen LogP contribution in [0.2, 0.25) is 0 Å². The molecule has 1 aromatic carbocycles. The second-order valence-corrected chi connectivity index (χ2v) is 7.68. The van der Waals surface area contributed by atoms with Gasteiger partial charge in [0.25, 0.3) is 5.56 Å². The van der Waals surface area contributed by atoms with Gasteiger partial charge in [0.15, 0.2) is 0 Å². The summed E-state index contributed by atoms with van der Waals surface area (Å²) in [5, 5.41) is 3.49. The summed E-state index contributed by atoms with van der Waals surface area (Å²) in [6, 6.07) is 9.88. The predicted molar refractivity (Wildman–Crippen MR) is 113 cm³/mol. The molecule has 0 unspecified atom stereocenters. The number of nitrogens with one attached hydrogen (secondary N) is 1. The lowest BCUT2D eigenvalue weighted by molar-refractivity contribution is -0.121. The number of carbonyl (C=O) groups is 1. The summed E-state index contributed by atoms with van der Waals surface area (Å²) < 4.78 is 6.78. The molecule has 2 aromatic heterocycles. The third-order valence-electron chi connectivity index (χ3n) is 4.49. The second-order valence-electron chi connectivity index (χ2n) is 6.47. The molecule has 0 fully saturated rings. The van der Waals surface area contributed by atoms with Gasteiger partial charge in [0.05, 0.1) is 11.7 Å². The number of ether oxygens (including phenoxy) is 1. The first-order chi connectivity index (χ1) is 13.6. The van der Waals surface area contributed by atoms with Crippen molar-refractivity contribution in [2.45, 2.75) is 33.2 Å². The van der Waals surface area contributed by atoms with Crippen molar-refractivity contribution in [2.24, 2.45) is 0 Å². The van der Waals surface area contributed by atoms with Gasteiger partial charge >= 0.3 is 0 Å². The number of aromatic nitrogens is 2. The largest absolute Gasteiger partial charge is 0.382 e. The molecule has 7 heteroatoms. The van der Waals surface area contributed by atoms with E-state index < -0.39 is 0 Å². The van der Waals surface area contributed by atoms with Gasteiger partial charge in [-0.3, -0.25) is 14.2 Å². The van der Waals surface area contributed by atoms with Crippen LogP contribution in [0.5, 0.6) is 0 Å². The van der Waals surface area contributed by atoms with E-state index >= 15 is 0 Å². The Bertz CT molecular complexity index is 995. The minimum atomic E-state index is -0.0997. The van der Waals surface area contributed by atoms with Crippen molar-refractivity contribution in [3.63, 3.8) is 0 Å². The van der Waals surface area contributed by atoms with Crippen LogP contribution in [0, 0.1) is 6.92 Å². The fourth-order valence-electron chi connectivity index (χ4n) is 3.11. The van der Waals surface area contributed by atoms with Crippen LogP contribution in [-0.2, 0) is 16.1 Å². The van der Waals surface area contributed by atoms with Crippen molar-refractivity contribution >= 4 is 27.5 Å². The molecule has 0 aliphatic rings. The van der Waals surface area contributed by atoms with Crippen molar-refractivity contribution in [2.75, 3.05) is 19.8 Å². The molecule has 0 saturated carbocycles. The van der Waals surface area contributed by atoms with Gasteiger partial charge < -0.3 is 10.1 Å². The number of hydrogen-bond acceptors (Lipinski definition) is 5. The maximum Gasteiger partial charge on any atom is 0.262 e. The summed E-state index contributed by atoms with van der Waals surface area (Å²) in [5.74, 6) is -0.0757. The lowest BCUT2D eigenvalue weighted by atomic mass is 10.0. The Morgan fingerprint density at radius 3 is 2.82 bits per heavy atom. The first-order valence-corrected chi connectivity index (χ1v) is 10.3. The van der Waals surface area contributed by atoms with Crippen molar-refractivity contribution < 1.29 is 9.53 Å². The molecule has 28 heavy (non-hydrogen) atoms. The van der Waals surface area contributed by atoms with Crippen LogP contribution >= 0.6 is 11.3 Å². The summed E-state index contributed by atoms with van der Waals surface area (Å²) in [4.78, 5) is 31.3. The second kappa shape index (κ2) is 9.61. The Balaban J connectivity index is 1.74. The molecule has 3 aromatic rings. The highest BCUT2D eigenvalue weighted by Gasteiger charge is 2.17. The number of nitrogens with zero attached hydrogens (tertiary/aromatic N) is 2. The minimum absolute atomic E-state index is 0.0757. The fraction of sp³-hybridized carbons (Fsp3) is 0.381. The molecule has 3 rings (SSSR count). The average molecular weight is 400 g/mol. The molecule has 1 amide bonds. The maximum absolute atomic E-state index is 13.1. The van der Waals surface area contributed by atoms with E-state index in [4.69, 9.17) is 4.74 Å². The molecule has 6 nitrogen and oxygen atoms in total. The van der Waals surface area contributed by atoms with E-state index in [1.165, 1.54) is 22.2 Å². The highest BCUT2D eigenvalue weighted by atomic mass is 32.1. The molecular weight excluding hydrogens is 374 g/mol. The van der Waals surface area contributed by atoms with Crippen molar-refractivity contribution in [1.82, 2.24) is 14.9 Å². The molecule has 0 radical (unpaired) electrons. The van der Waals surface area contributed by atoms with E-state index in [1.54, 1.807) is 0 Å². The van der Waals surface area contributed by atoms with Crippen LogP contribution in [0.15, 0.2) is 41.5 Å². The number of thiophene rings is 1. The molecule has 0 aliphatic carbocycles. The summed E-state index contributed by atoms with van der Waals surface area (Å²) in [6.45, 7) is 6.15. The zero-order valence-electron chi connectivity index (χ0n) is 16.2. The third kappa shape index (κ3) is 4.66. The molecule has 0 aliphatic heterocycles. The smallest absolute Gasteiger partial charge is 0.262 e. The number of benzene rings is 1. The molecular formula is C21H25N3O3S. The van der Waals surface area contributed by atoms with Crippen LogP contribution < -0.4 is 10.9 Å². The summed E-state index contributed by atoms with van der Waals surface area (Å²) in [5.41, 5.74) is 1.85. The zero-order valence-corrected chi connectivity index (χ0v) is 17.1. The molecule has 0 atom stereocenters. The van der Waals surface area contributed by atoms with E-state index in [9.17, 15) is 9.59 Å². The van der Waals surface area contributed by atoms with E-state index in [-0.39, 0.29) is 17.9 Å². The molecule has 0 bridgehead atoms. The molecule has 0 saturated heterocycles.